The molecule has 1 aromatic heterocycles. The van der Waals surface area contributed by atoms with Gasteiger partial charge >= 0.3 is 5.97 Å². The van der Waals surface area contributed by atoms with Crippen LogP contribution in [0.2, 0.25) is 10.0 Å². The lowest BCUT2D eigenvalue weighted by atomic mass is 10.2. The fraction of sp³-hybridized carbons (Fsp3) is 0.0625. The molecule has 0 saturated heterocycles. The van der Waals surface area contributed by atoms with Gasteiger partial charge in [0, 0.05) is 11.6 Å². The average molecular weight is 321 g/mol. The van der Waals surface area contributed by atoms with Gasteiger partial charge in [-0.1, -0.05) is 35.2 Å². The highest BCUT2D eigenvalue weighted by Crippen LogP contribution is 2.34. The maximum Gasteiger partial charge on any atom is 0.331 e. The van der Waals surface area contributed by atoms with E-state index in [-0.39, 0.29) is 6.61 Å². The summed E-state index contributed by atoms with van der Waals surface area (Å²) in [5.74, 6) is 2.71. The number of hydrogen-bond donors (Lipinski definition) is 0. The maximum atomic E-state index is 11.3. The van der Waals surface area contributed by atoms with Crippen LogP contribution in [-0.4, -0.2) is 12.6 Å². The Morgan fingerprint density at radius 1 is 1.33 bits per heavy atom. The maximum absolute atomic E-state index is 11.3. The number of hydrogen-bond acceptors (Lipinski definition) is 3. The van der Waals surface area contributed by atoms with Crippen LogP contribution in [-0.2, 0) is 9.53 Å². The third-order valence-electron chi connectivity index (χ3n) is 2.53. The molecule has 3 nitrogen and oxygen atoms in total. The Labute approximate surface area is 132 Å². The summed E-state index contributed by atoms with van der Waals surface area (Å²) >= 11 is 12.1. The number of carbonyl (C=O) groups excluding carboxylic acids is 1. The summed E-state index contributed by atoms with van der Waals surface area (Å²) in [5, 5.41) is 0.859. The van der Waals surface area contributed by atoms with Gasteiger partial charge in [-0.15, -0.1) is 6.42 Å². The van der Waals surface area contributed by atoms with Crippen molar-refractivity contribution in [3.63, 3.8) is 0 Å². The highest BCUT2D eigenvalue weighted by Gasteiger charge is 2.10. The molecule has 0 saturated carbocycles. The summed E-state index contributed by atoms with van der Waals surface area (Å²) in [5.41, 5.74) is 0.679. The normalized spacial score (nSPS) is 10.5. The zero-order chi connectivity index (χ0) is 15.2. The van der Waals surface area contributed by atoms with Gasteiger partial charge in [0.1, 0.15) is 11.5 Å². The van der Waals surface area contributed by atoms with Gasteiger partial charge in [0.2, 0.25) is 0 Å². The van der Waals surface area contributed by atoms with E-state index >= 15 is 0 Å². The summed E-state index contributed by atoms with van der Waals surface area (Å²) in [6.07, 6.45) is 7.71. The molecule has 1 heterocycles. The number of halogens is 2. The van der Waals surface area contributed by atoms with Crippen molar-refractivity contribution in [2.45, 2.75) is 0 Å². The van der Waals surface area contributed by atoms with Crippen LogP contribution < -0.4 is 0 Å². The third kappa shape index (κ3) is 3.91. The Morgan fingerprint density at radius 2 is 2.14 bits per heavy atom. The molecule has 0 aliphatic heterocycles. The molecule has 0 atom stereocenters. The number of ether oxygens (including phenoxy) is 1. The summed E-state index contributed by atoms with van der Waals surface area (Å²) in [4.78, 5) is 11.3. The fourth-order valence-electron chi connectivity index (χ4n) is 1.59. The van der Waals surface area contributed by atoms with E-state index in [2.05, 4.69) is 5.92 Å². The van der Waals surface area contributed by atoms with E-state index in [4.69, 9.17) is 38.8 Å². The predicted molar refractivity (Wildman–Crippen MR) is 83.0 cm³/mol. The molecule has 5 heteroatoms. The monoisotopic (exact) mass is 320 g/mol. The predicted octanol–water partition coefficient (Wildman–Crippen LogP) is 4.44. The van der Waals surface area contributed by atoms with E-state index < -0.39 is 5.97 Å². The van der Waals surface area contributed by atoms with Crippen molar-refractivity contribution in [3.05, 3.63) is 52.2 Å². The molecular weight excluding hydrogens is 311 g/mol. The summed E-state index contributed by atoms with van der Waals surface area (Å²) in [6.45, 7) is -0.0648. The Kier molecular flexibility index (Phi) is 5.10. The smallest absolute Gasteiger partial charge is 0.331 e. The number of benzene rings is 1. The lowest BCUT2D eigenvalue weighted by molar-refractivity contribution is -0.136. The largest absolute Gasteiger partial charge is 0.457 e. The number of esters is 1. The quantitative estimate of drug-likeness (QED) is 0.475. The van der Waals surface area contributed by atoms with E-state index in [1.165, 1.54) is 12.2 Å². The summed E-state index contributed by atoms with van der Waals surface area (Å²) in [7, 11) is 0. The van der Waals surface area contributed by atoms with Gasteiger partial charge in [-0.05, 0) is 30.3 Å². The molecule has 0 bridgehead atoms. The van der Waals surface area contributed by atoms with Gasteiger partial charge in [-0.2, -0.15) is 0 Å². The van der Waals surface area contributed by atoms with Crippen LogP contribution in [0.3, 0.4) is 0 Å². The molecule has 21 heavy (non-hydrogen) atoms. The molecule has 0 aliphatic carbocycles. The number of furan rings is 1. The Morgan fingerprint density at radius 3 is 2.90 bits per heavy atom. The highest BCUT2D eigenvalue weighted by atomic mass is 35.5. The molecule has 2 rings (SSSR count). The number of carbonyl (C=O) groups is 1. The Balaban J connectivity index is 2.15. The molecule has 0 N–H and O–H groups in total. The molecular formula is C16H10Cl2O3. The lowest BCUT2D eigenvalue weighted by Gasteiger charge is -2.01. The van der Waals surface area contributed by atoms with Gasteiger partial charge in [0.15, 0.2) is 6.61 Å². The van der Waals surface area contributed by atoms with Gasteiger partial charge in [0.25, 0.3) is 0 Å². The molecule has 0 radical (unpaired) electrons. The van der Waals surface area contributed by atoms with Crippen molar-refractivity contribution in [2.24, 2.45) is 0 Å². The van der Waals surface area contributed by atoms with Crippen molar-refractivity contribution >= 4 is 35.2 Å². The summed E-state index contributed by atoms with van der Waals surface area (Å²) in [6, 6.07) is 8.71. The zero-order valence-electron chi connectivity index (χ0n) is 10.8. The second-order valence-corrected chi connectivity index (χ2v) is 4.73. The molecule has 0 fully saturated rings. The minimum atomic E-state index is -0.535. The first-order chi connectivity index (χ1) is 10.1. The van der Waals surface area contributed by atoms with Crippen LogP contribution in [0.25, 0.3) is 17.4 Å². The van der Waals surface area contributed by atoms with Crippen LogP contribution in [0, 0.1) is 12.3 Å². The number of terminal acetylenes is 1. The first-order valence-electron chi connectivity index (χ1n) is 5.94. The van der Waals surface area contributed by atoms with Crippen LogP contribution in [0.15, 0.2) is 40.8 Å². The second kappa shape index (κ2) is 7.03. The Hall–Kier alpha value is -2.15. The van der Waals surface area contributed by atoms with Gasteiger partial charge < -0.3 is 9.15 Å². The molecule has 0 unspecified atom stereocenters. The average Bonchev–Trinajstić information content (AvgIpc) is 2.94. The third-order valence-corrected chi connectivity index (χ3v) is 3.34. The van der Waals surface area contributed by atoms with Crippen molar-refractivity contribution < 1.29 is 13.9 Å². The Bertz CT molecular complexity index is 723. The minimum Gasteiger partial charge on any atom is -0.457 e. The highest BCUT2D eigenvalue weighted by molar-refractivity contribution is 6.43. The standard InChI is InChI=1S/C16H10Cl2O3/c1-2-10-20-15(19)9-7-11-6-8-14(21-11)12-4-3-5-13(17)16(12)18/h1,3-9H,10H2/b9-7+. The molecule has 0 spiro atoms. The van der Waals surface area contributed by atoms with Crippen molar-refractivity contribution in [3.8, 4) is 23.7 Å². The van der Waals surface area contributed by atoms with Crippen LogP contribution in [0.5, 0.6) is 0 Å². The lowest BCUT2D eigenvalue weighted by Crippen LogP contribution is -1.99. The summed E-state index contributed by atoms with van der Waals surface area (Å²) < 4.78 is 10.3. The topological polar surface area (TPSA) is 39.4 Å². The fourth-order valence-corrected chi connectivity index (χ4v) is 1.99. The first kappa shape index (κ1) is 15.2. The minimum absolute atomic E-state index is 0.0648. The zero-order valence-corrected chi connectivity index (χ0v) is 12.3. The van der Waals surface area contributed by atoms with E-state index in [1.54, 1.807) is 30.3 Å². The van der Waals surface area contributed by atoms with Crippen LogP contribution in [0.1, 0.15) is 5.76 Å². The molecule has 1 aromatic carbocycles. The van der Waals surface area contributed by atoms with Crippen molar-refractivity contribution in [2.75, 3.05) is 6.61 Å². The first-order valence-corrected chi connectivity index (χ1v) is 6.70. The van der Waals surface area contributed by atoms with E-state index in [1.807, 2.05) is 0 Å². The van der Waals surface area contributed by atoms with Gasteiger partial charge in [0.05, 0.1) is 10.0 Å². The molecule has 2 aromatic rings. The molecule has 0 amide bonds. The van der Waals surface area contributed by atoms with E-state index in [0.717, 1.165) is 0 Å². The van der Waals surface area contributed by atoms with Gasteiger partial charge in [-0.3, -0.25) is 0 Å². The second-order valence-electron chi connectivity index (χ2n) is 3.95. The molecule has 0 aliphatic rings. The number of rotatable bonds is 4. The van der Waals surface area contributed by atoms with Crippen molar-refractivity contribution in [1.82, 2.24) is 0 Å². The van der Waals surface area contributed by atoms with Crippen LogP contribution in [0.4, 0.5) is 0 Å². The van der Waals surface area contributed by atoms with E-state index in [9.17, 15) is 4.79 Å². The van der Waals surface area contributed by atoms with Crippen LogP contribution >= 0.6 is 23.2 Å². The van der Waals surface area contributed by atoms with Crippen molar-refractivity contribution in [1.29, 1.82) is 0 Å². The van der Waals surface area contributed by atoms with E-state index in [0.29, 0.717) is 27.1 Å². The van der Waals surface area contributed by atoms with Gasteiger partial charge in [-0.25, -0.2) is 4.79 Å². The molecule has 106 valence electrons. The SMILES string of the molecule is C#CCOC(=O)/C=C/c1ccc(-c2cccc(Cl)c2Cl)o1.